The summed E-state index contributed by atoms with van der Waals surface area (Å²) in [5, 5.41) is 2.50. The third kappa shape index (κ3) is 4.11. The Balaban J connectivity index is 2.12. The normalized spacial score (nSPS) is 15.9. The number of halogens is 3. The number of para-hydroxylation sites is 1. The fraction of sp³-hybridized carbons (Fsp3) is 0.385. The molecule has 1 fully saturated rings. The van der Waals surface area contributed by atoms with Crippen LogP contribution in [-0.2, 0) is 11.3 Å². The van der Waals surface area contributed by atoms with E-state index in [0.717, 1.165) is 4.90 Å². The van der Waals surface area contributed by atoms with Crippen LogP contribution in [0.4, 0.5) is 18.0 Å². The van der Waals surface area contributed by atoms with Crippen LogP contribution in [0.25, 0.3) is 0 Å². The third-order valence-electron chi connectivity index (χ3n) is 2.85. The molecule has 1 N–H and O–H groups in total. The summed E-state index contributed by atoms with van der Waals surface area (Å²) >= 11 is 0. The van der Waals surface area contributed by atoms with Crippen LogP contribution in [0.15, 0.2) is 24.3 Å². The zero-order valence-electron chi connectivity index (χ0n) is 10.9. The van der Waals surface area contributed by atoms with Gasteiger partial charge in [-0.2, -0.15) is 13.2 Å². The van der Waals surface area contributed by atoms with Crippen molar-refractivity contribution in [2.45, 2.75) is 19.1 Å². The molecule has 2 rings (SSSR count). The maximum atomic E-state index is 12.2. The summed E-state index contributed by atoms with van der Waals surface area (Å²) in [6.07, 6.45) is -4.29. The Labute approximate surface area is 118 Å². The molecule has 8 heteroatoms. The molecule has 0 radical (unpaired) electrons. The molecule has 0 aromatic heterocycles. The van der Waals surface area contributed by atoms with Crippen LogP contribution in [0.5, 0.6) is 5.75 Å². The molecule has 5 nitrogen and oxygen atoms in total. The van der Waals surface area contributed by atoms with Gasteiger partial charge in [0.15, 0.2) is 6.61 Å². The average Bonchev–Trinajstić information content (AvgIpc) is 2.41. The number of carbonyl (C=O) groups is 2. The third-order valence-corrected chi connectivity index (χ3v) is 2.85. The van der Waals surface area contributed by atoms with Gasteiger partial charge in [0.2, 0.25) is 5.91 Å². The second kappa shape index (κ2) is 6.02. The minimum absolute atomic E-state index is 0.000925. The average molecular weight is 302 g/mol. The van der Waals surface area contributed by atoms with E-state index in [9.17, 15) is 22.8 Å². The zero-order valence-corrected chi connectivity index (χ0v) is 10.9. The van der Waals surface area contributed by atoms with E-state index in [4.69, 9.17) is 4.74 Å². The summed E-state index contributed by atoms with van der Waals surface area (Å²) in [6, 6.07) is 5.45. The van der Waals surface area contributed by atoms with Crippen molar-refractivity contribution in [3.05, 3.63) is 29.8 Å². The minimum Gasteiger partial charge on any atom is -0.484 e. The van der Waals surface area contributed by atoms with Gasteiger partial charge in [0.25, 0.3) is 0 Å². The van der Waals surface area contributed by atoms with E-state index in [-0.39, 0.29) is 31.2 Å². The van der Waals surface area contributed by atoms with Gasteiger partial charge in [-0.3, -0.25) is 9.69 Å². The molecular formula is C13H13F3N2O3. The van der Waals surface area contributed by atoms with Crippen molar-refractivity contribution in [3.8, 4) is 5.75 Å². The van der Waals surface area contributed by atoms with Crippen LogP contribution >= 0.6 is 0 Å². The lowest BCUT2D eigenvalue weighted by molar-refractivity contribution is -0.153. The Morgan fingerprint density at radius 2 is 1.95 bits per heavy atom. The van der Waals surface area contributed by atoms with Crippen LogP contribution in [0.3, 0.4) is 0 Å². The molecule has 1 heterocycles. The summed E-state index contributed by atoms with van der Waals surface area (Å²) in [6.45, 7) is -1.29. The predicted octanol–water partition coefficient (Wildman–Crippen LogP) is 2.07. The molecule has 1 aliphatic heterocycles. The first-order chi connectivity index (χ1) is 9.87. The molecule has 0 bridgehead atoms. The summed E-state index contributed by atoms with van der Waals surface area (Å²) < 4.78 is 41.3. The maximum absolute atomic E-state index is 12.2. The lowest BCUT2D eigenvalue weighted by atomic mass is 10.1. The molecule has 21 heavy (non-hydrogen) atoms. The van der Waals surface area contributed by atoms with Gasteiger partial charge < -0.3 is 10.1 Å². The van der Waals surface area contributed by atoms with E-state index < -0.39 is 18.8 Å². The minimum atomic E-state index is -4.45. The van der Waals surface area contributed by atoms with Crippen molar-refractivity contribution >= 4 is 11.9 Å². The van der Waals surface area contributed by atoms with Gasteiger partial charge in [-0.15, -0.1) is 0 Å². The molecule has 0 unspecified atom stereocenters. The van der Waals surface area contributed by atoms with Crippen molar-refractivity contribution in [2.24, 2.45) is 0 Å². The lowest BCUT2D eigenvalue weighted by Crippen LogP contribution is -2.49. The number of ether oxygens (including phenoxy) is 1. The molecule has 0 spiro atoms. The Hall–Kier alpha value is -2.25. The highest BCUT2D eigenvalue weighted by Gasteiger charge is 2.30. The van der Waals surface area contributed by atoms with Gasteiger partial charge in [-0.05, 0) is 6.07 Å². The number of imide groups is 1. The number of amides is 3. The van der Waals surface area contributed by atoms with Gasteiger partial charge in [0.1, 0.15) is 5.75 Å². The monoisotopic (exact) mass is 302 g/mol. The van der Waals surface area contributed by atoms with Crippen molar-refractivity contribution in [3.63, 3.8) is 0 Å². The van der Waals surface area contributed by atoms with Crippen LogP contribution in [0, 0.1) is 0 Å². The Bertz CT molecular complexity index is 530. The zero-order chi connectivity index (χ0) is 15.5. The fourth-order valence-corrected chi connectivity index (χ4v) is 1.89. The summed E-state index contributed by atoms with van der Waals surface area (Å²) in [7, 11) is 0. The molecule has 1 aliphatic rings. The quantitative estimate of drug-likeness (QED) is 0.926. The number of nitrogens with one attached hydrogen (secondary N) is 1. The first-order valence-corrected chi connectivity index (χ1v) is 6.22. The number of hydrogen-bond acceptors (Lipinski definition) is 3. The molecular weight excluding hydrogens is 289 g/mol. The topological polar surface area (TPSA) is 58.6 Å². The molecule has 3 amide bonds. The lowest BCUT2D eigenvalue weighted by Gasteiger charge is -2.26. The van der Waals surface area contributed by atoms with Gasteiger partial charge in [-0.25, -0.2) is 4.79 Å². The second-order valence-corrected chi connectivity index (χ2v) is 4.47. The molecule has 114 valence electrons. The van der Waals surface area contributed by atoms with Crippen molar-refractivity contribution in [2.75, 3.05) is 13.2 Å². The number of carbonyl (C=O) groups excluding carboxylic acids is 2. The van der Waals surface area contributed by atoms with Crippen molar-refractivity contribution < 1.29 is 27.5 Å². The summed E-state index contributed by atoms with van der Waals surface area (Å²) in [5.41, 5.74) is 0.340. The number of urea groups is 1. The largest absolute Gasteiger partial charge is 0.484 e. The Kier molecular flexibility index (Phi) is 4.35. The number of alkyl halides is 3. The van der Waals surface area contributed by atoms with E-state index in [0.29, 0.717) is 5.56 Å². The highest BCUT2D eigenvalue weighted by atomic mass is 19.4. The number of benzene rings is 1. The van der Waals surface area contributed by atoms with Gasteiger partial charge in [-0.1, -0.05) is 18.2 Å². The first kappa shape index (κ1) is 15.1. The van der Waals surface area contributed by atoms with Crippen LogP contribution in [-0.4, -0.2) is 36.2 Å². The van der Waals surface area contributed by atoms with Crippen molar-refractivity contribution in [1.82, 2.24) is 10.2 Å². The van der Waals surface area contributed by atoms with Crippen LogP contribution in [0.2, 0.25) is 0 Å². The van der Waals surface area contributed by atoms with E-state index in [1.54, 1.807) is 6.07 Å². The predicted molar refractivity (Wildman–Crippen MR) is 66.6 cm³/mol. The molecule has 0 aliphatic carbocycles. The van der Waals surface area contributed by atoms with Gasteiger partial charge in [0, 0.05) is 18.5 Å². The molecule has 1 aromatic carbocycles. The second-order valence-electron chi connectivity index (χ2n) is 4.47. The standard InChI is InChI=1S/C13H13F3N2O3/c14-13(15,16)8-21-10-4-2-1-3-9(10)7-18-11(19)5-6-17-12(18)20/h1-4H,5-8H2,(H,17,20). The first-order valence-electron chi connectivity index (χ1n) is 6.22. The number of hydrogen-bond donors (Lipinski definition) is 1. The summed E-state index contributed by atoms with van der Waals surface area (Å²) in [5.74, 6) is -0.370. The Morgan fingerprint density at radius 1 is 1.24 bits per heavy atom. The highest BCUT2D eigenvalue weighted by Crippen LogP contribution is 2.24. The highest BCUT2D eigenvalue weighted by molar-refractivity contribution is 5.96. The van der Waals surface area contributed by atoms with E-state index in [1.165, 1.54) is 18.2 Å². The molecule has 1 aromatic rings. The number of rotatable bonds is 4. The maximum Gasteiger partial charge on any atom is 0.422 e. The molecule has 0 atom stereocenters. The fourth-order valence-electron chi connectivity index (χ4n) is 1.89. The van der Waals surface area contributed by atoms with Crippen molar-refractivity contribution in [1.29, 1.82) is 0 Å². The van der Waals surface area contributed by atoms with E-state index in [1.807, 2.05) is 0 Å². The summed E-state index contributed by atoms with van der Waals surface area (Å²) in [4.78, 5) is 24.3. The van der Waals surface area contributed by atoms with E-state index in [2.05, 4.69) is 5.32 Å². The van der Waals surface area contributed by atoms with E-state index >= 15 is 0 Å². The van der Waals surface area contributed by atoms with Crippen LogP contribution < -0.4 is 10.1 Å². The smallest absolute Gasteiger partial charge is 0.422 e. The molecule has 1 saturated heterocycles. The number of nitrogens with zero attached hydrogens (tertiary/aromatic N) is 1. The van der Waals surface area contributed by atoms with Crippen LogP contribution in [0.1, 0.15) is 12.0 Å². The Morgan fingerprint density at radius 3 is 2.62 bits per heavy atom. The molecule has 0 saturated carbocycles. The van der Waals surface area contributed by atoms with Gasteiger partial charge in [0.05, 0.1) is 6.54 Å². The van der Waals surface area contributed by atoms with Gasteiger partial charge >= 0.3 is 12.2 Å². The SMILES string of the molecule is O=C1CCNC(=O)N1Cc1ccccc1OCC(F)(F)F.